The molecule has 0 unspecified atom stereocenters. The number of hydrogen-bond acceptors (Lipinski definition) is 3. The Kier molecular flexibility index (Phi) is 5.77. The molecule has 22 heavy (non-hydrogen) atoms. The van der Waals surface area contributed by atoms with E-state index < -0.39 is 0 Å². The summed E-state index contributed by atoms with van der Waals surface area (Å²) in [6, 6.07) is 17.0. The minimum atomic E-state index is 0.0339. The van der Waals surface area contributed by atoms with Crippen molar-refractivity contribution in [2.75, 3.05) is 0 Å². The van der Waals surface area contributed by atoms with Crippen molar-refractivity contribution in [3.63, 3.8) is 0 Å². The number of halogens is 2. The number of allylic oxidation sites excluding steroid dienone is 1. The first kappa shape index (κ1) is 16.3. The quantitative estimate of drug-likeness (QED) is 0.640. The molecular formula is C17H10Br2N2O. The summed E-state index contributed by atoms with van der Waals surface area (Å²) >= 11 is 6.77. The molecule has 0 aliphatic carbocycles. The molecule has 0 radical (unpaired) electrons. The van der Waals surface area contributed by atoms with Crippen LogP contribution in [0, 0.1) is 22.7 Å². The second-order valence-corrected chi connectivity index (χ2v) is 6.21. The molecule has 0 bridgehead atoms. The van der Waals surface area contributed by atoms with Gasteiger partial charge in [-0.3, -0.25) is 0 Å². The zero-order chi connectivity index (χ0) is 15.9. The summed E-state index contributed by atoms with van der Waals surface area (Å²) in [6.45, 7) is 0.407. The van der Waals surface area contributed by atoms with Crippen LogP contribution < -0.4 is 4.74 Å². The standard InChI is InChI=1S/C17H10Br2N2O/c18-15-3-1-12(2-4-15)11-22-17-6-5-16(19)8-14(17)7-13(9-20)10-21/h1-8H,11H2. The Morgan fingerprint density at radius 1 is 1.00 bits per heavy atom. The van der Waals surface area contributed by atoms with Crippen molar-refractivity contribution in [3.05, 3.63) is 68.1 Å². The molecule has 0 atom stereocenters. The summed E-state index contributed by atoms with van der Waals surface area (Å²) in [5.74, 6) is 0.620. The third-order valence-corrected chi connectivity index (χ3v) is 3.84. The predicted octanol–water partition coefficient (Wildman–Crippen LogP) is 5.22. The Balaban J connectivity index is 2.24. The van der Waals surface area contributed by atoms with Crippen LogP contribution in [0.25, 0.3) is 6.08 Å². The highest BCUT2D eigenvalue weighted by Crippen LogP contribution is 2.26. The number of benzene rings is 2. The molecule has 2 aromatic carbocycles. The van der Waals surface area contributed by atoms with Gasteiger partial charge in [0.05, 0.1) is 0 Å². The largest absolute Gasteiger partial charge is 0.488 e. The fraction of sp³-hybridized carbons (Fsp3) is 0.0588. The van der Waals surface area contributed by atoms with E-state index in [1.165, 1.54) is 6.08 Å². The van der Waals surface area contributed by atoms with Crippen LogP contribution in [0.5, 0.6) is 5.75 Å². The van der Waals surface area contributed by atoms with Crippen LogP contribution in [0.1, 0.15) is 11.1 Å². The first-order chi connectivity index (χ1) is 10.6. The summed E-state index contributed by atoms with van der Waals surface area (Å²) in [5.41, 5.74) is 1.75. The lowest BCUT2D eigenvalue weighted by molar-refractivity contribution is 0.305. The van der Waals surface area contributed by atoms with Gasteiger partial charge in [0.15, 0.2) is 0 Å². The number of ether oxygens (including phenoxy) is 1. The van der Waals surface area contributed by atoms with E-state index in [0.29, 0.717) is 17.9 Å². The van der Waals surface area contributed by atoms with Crippen molar-refractivity contribution in [1.29, 1.82) is 10.5 Å². The van der Waals surface area contributed by atoms with Gasteiger partial charge in [-0.1, -0.05) is 44.0 Å². The second kappa shape index (κ2) is 7.79. The Hall–Kier alpha value is -2.08. The van der Waals surface area contributed by atoms with Gasteiger partial charge < -0.3 is 4.74 Å². The number of hydrogen-bond donors (Lipinski definition) is 0. The van der Waals surface area contributed by atoms with Gasteiger partial charge in [-0.2, -0.15) is 10.5 Å². The molecule has 0 amide bonds. The molecule has 2 aromatic rings. The Labute approximate surface area is 145 Å². The average Bonchev–Trinajstić information content (AvgIpc) is 2.53. The lowest BCUT2D eigenvalue weighted by atomic mass is 10.1. The maximum Gasteiger partial charge on any atom is 0.130 e. The Morgan fingerprint density at radius 2 is 1.64 bits per heavy atom. The normalized spacial score (nSPS) is 9.45. The minimum absolute atomic E-state index is 0.0339. The molecule has 0 aromatic heterocycles. The average molecular weight is 418 g/mol. The van der Waals surface area contributed by atoms with E-state index in [-0.39, 0.29) is 5.57 Å². The maximum atomic E-state index is 8.88. The van der Waals surface area contributed by atoms with Gasteiger partial charge in [-0.15, -0.1) is 0 Å². The first-order valence-electron chi connectivity index (χ1n) is 6.31. The molecular weight excluding hydrogens is 408 g/mol. The van der Waals surface area contributed by atoms with Gasteiger partial charge in [-0.25, -0.2) is 0 Å². The van der Waals surface area contributed by atoms with Crippen molar-refractivity contribution >= 4 is 37.9 Å². The number of nitriles is 2. The topological polar surface area (TPSA) is 56.8 Å². The third-order valence-electron chi connectivity index (χ3n) is 2.82. The van der Waals surface area contributed by atoms with Gasteiger partial charge in [0.25, 0.3) is 0 Å². The van der Waals surface area contributed by atoms with Crippen molar-refractivity contribution < 1.29 is 4.74 Å². The van der Waals surface area contributed by atoms with E-state index in [0.717, 1.165) is 14.5 Å². The highest BCUT2D eigenvalue weighted by molar-refractivity contribution is 9.10. The zero-order valence-corrected chi connectivity index (χ0v) is 14.6. The molecule has 0 N–H and O–H groups in total. The summed E-state index contributed by atoms with van der Waals surface area (Å²) in [5, 5.41) is 17.8. The molecule has 0 spiro atoms. The van der Waals surface area contributed by atoms with E-state index in [4.69, 9.17) is 15.3 Å². The summed E-state index contributed by atoms with van der Waals surface area (Å²) < 4.78 is 7.67. The molecule has 108 valence electrons. The molecule has 0 heterocycles. The zero-order valence-electron chi connectivity index (χ0n) is 11.4. The van der Waals surface area contributed by atoms with Crippen molar-refractivity contribution in [2.24, 2.45) is 0 Å². The fourth-order valence-electron chi connectivity index (χ4n) is 1.75. The molecule has 3 nitrogen and oxygen atoms in total. The summed E-state index contributed by atoms with van der Waals surface area (Å²) in [4.78, 5) is 0. The molecule has 0 aliphatic rings. The van der Waals surface area contributed by atoms with Gasteiger partial charge in [0.2, 0.25) is 0 Å². The Morgan fingerprint density at radius 3 is 2.27 bits per heavy atom. The number of nitrogens with zero attached hydrogens (tertiary/aromatic N) is 2. The van der Waals surface area contributed by atoms with E-state index in [1.807, 2.05) is 48.5 Å². The van der Waals surface area contributed by atoms with Gasteiger partial charge >= 0.3 is 0 Å². The highest BCUT2D eigenvalue weighted by atomic mass is 79.9. The number of rotatable bonds is 4. The molecule has 0 aliphatic heterocycles. The van der Waals surface area contributed by atoms with Crippen LogP contribution in [0.4, 0.5) is 0 Å². The highest BCUT2D eigenvalue weighted by Gasteiger charge is 2.05. The van der Waals surface area contributed by atoms with Crippen LogP contribution in [0.15, 0.2) is 57.0 Å². The smallest absolute Gasteiger partial charge is 0.130 e. The van der Waals surface area contributed by atoms with Crippen LogP contribution in [-0.4, -0.2) is 0 Å². The second-order valence-electron chi connectivity index (χ2n) is 4.38. The Bertz CT molecular complexity index is 768. The minimum Gasteiger partial charge on any atom is -0.488 e. The summed E-state index contributed by atoms with van der Waals surface area (Å²) in [7, 11) is 0. The van der Waals surface area contributed by atoms with Crippen molar-refractivity contribution in [1.82, 2.24) is 0 Å². The van der Waals surface area contributed by atoms with Gasteiger partial charge in [-0.05, 0) is 42.0 Å². The maximum absolute atomic E-state index is 8.88. The summed E-state index contributed by atoms with van der Waals surface area (Å²) in [6.07, 6.45) is 1.52. The fourth-order valence-corrected chi connectivity index (χ4v) is 2.39. The molecule has 0 fully saturated rings. The molecule has 0 saturated heterocycles. The van der Waals surface area contributed by atoms with Gasteiger partial charge in [0, 0.05) is 14.5 Å². The van der Waals surface area contributed by atoms with Crippen LogP contribution in [0.2, 0.25) is 0 Å². The third kappa shape index (κ3) is 4.46. The lowest BCUT2D eigenvalue weighted by Crippen LogP contribution is -1.97. The van der Waals surface area contributed by atoms with Crippen molar-refractivity contribution in [2.45, 2.75) is 6.61 Å². The van der Waals surface area contributed by atoms with E-state index in [9.17, 15) is 0 Å². The van der Waals surface area contributed by atoms with Crippen molar-refractivity contribution in [3.8, 4) is 17.9 Å². The molecule has 5 heteroatoms. The lowest BCUT2D eigenvalue weighted by Gasteiger charge is -2.10. The predicted molar refractivity (Wildman–Crippen MR) is 91.8 cm³/mol. The first-order valence-corrected chi connectivity index (χ1v) is 7.89. The van der Waals surface area contributed by atoms with Crippen LogP contribution in [0.3, 0.4) is 0 Å². The molecule has 2 rings (SSSR count). The van der Waals surface area contributed by atoms with E-state index in [2.05, 4.69) is 31.9 Å². The molecule has 0 saturated carbocycles. The van der Waals surface area contributed by atoms with Gasteiger partial charge in [0.1, 0.15) is 30.1 Å². The monoisotopic (exact) mass is 416 g/mol. The van der Waals surface area contributed by atoms with E-state index in [1.54, 1.807) is 6.07 Å². The van der Waals surface area contributed by atoms with E-state index >= 15 is 0 Å². The van der Waals surface area contributed by atoms with Crippen LogP contribution >= 0.6 is 31.9 Å². The SMILES string of the molecule is N#CC(C#N)=Cc1cc(Br)ccc1OCc1ccc(Br)cc1. The van der Waals surface area contributed by atoms with Crippen LogP contribution in [-0.2, 0) is 6.61 Å².